The summed E-state index contributed by atoms with van der Waals surface area (Å²) < 4.78 is 19.1. The molecule has 0 spiro atoms. The van der Waals surface area contributed by atoms with Crippen molar-refractivity contribution >= 4 is 0 Å². The van der Waals surface area contributed by atoms with E-state index in [1.165, 1.54) is 25.3 Å². The lowest BCUT2D eigenvalue weighted by Crippen LogP contribution is -2.30. The molecule has 1 aromatic rings. The van der Waals surface area contributed by atoms with Crippen molar-refractivity contribution in [2.24, 2.45) is 5.92 Å². The molecule has 1 atom stereocenters. The second kappa shape index (κ2) is 4.83. The zero-order valence-corrected chi connectivity index (χ0v) is 9.79. The highest BCUT2D eigenvalue weighted by Gasteiger charge is 2.31. The lowest BCUT2D eigenvalue weighted by molar-refractivity contribution is 0.230. The Kier molecular flexibility index (Phi) is 3.44. The van der Waals surface area contributed by atoms with Gasteiger partial charge in [0.25, 0.3) is 0 Å². The van der Waals surface area contributed by atoms with Gasteiger partial charge in [-0.25, -0.2) is 4.39 Å². The van der Waals surface area contributed by atoms with E-state index in [-0.39, 0.29) is 11.9 Å². The molecule has 2 rings (SSSR count). The number of halogens is 1. The molecule has 1 aliphatic carbocycles. The molecule has 2 nitrogen and oxygen atoms in total. The molecule has 3 heteroatoms. The second-order valence-corrected chi connectivity index (χ2v) is 4.31. The molecule has 1 N–H and O–H groups in total. The largest absolute Gasteiger partial charge is 0.496 e. The van der Waals surface area contributed by atoms with Crippen LogP contribution in [-0.2, 0) is 0 Å². The van der Waals surface area contributed by atoms with Crippen LogP contribution < -0.4 is 10.1 Å². The fourth-order valence-corrected chi connectivity index (χ4v) is 2.39. The van der Waals surface area contributed by atoms with Crippen molar-refractivity contribution in [1.82, 2.24) is 5.32 Å². The minimum absolute atomic E-state index is 0.0740. The first kappa shape index (κ1) is 11.4. The van der Waals surface area contributed by atoms with Gasteiger partial charge in [-0.05, 0) is 37.9 Å². The smallest absolute Gasteiger partial charge is 0.131 e. The topological polar surface area (TPSA) is 21.3 Å². The van der Waals surface area contributed by atoms with E-state index in [4.69, 9.17) is 4.74 Å². The van der Waals surface area contributed by atoms with Gasteiger partial charge in [0.15, 0.2) is 0 Å². The summed E-state index contributed by atoms with van der Waals surface area (Å²) in [6, 6.07) is 5.08. The fourth-order valence-electron chi connectivity index (χ4n) is 2.39. The van der Waals surface area contributed by atoms with Crippen molar-refractivity contribution < 1.29 is 9.13 Å². The van der Waals surface area contributed by atoms with Gasteiger partial charge >= 0.3 is 0 Å². The SMILES string of the molecule is CNC(c1c(F)cccc1OC)C1CCC1. The lowest BCUT2D eigenvalue weighted by Gasteiger charge is -2.34. The van der Waals surface area contributed by atoms with E-state index in [0.717, 1.165) is 0 Å². The standard InChI is InChI=1S/C13H18FNO/c1-15-13(9-5-3-6-9)12-10(14)7-4-8-11(12)16-2/h4,7-9,13,15H,3,5-6H2,1-2H3. The number of methoxy groups -OCH3 is 1. The maximum Gasteiger partial charge on any atom is 0.131 e. The number of rotatable bonds is 4. The summed E-state index contributed by atoms with van der Waals surface area (Å²) in [7, 11) is 3.47. The molecule has 16 heavy (non-hydrogen) atoms. The van der Waals surface area contributed by atoms with Crippen molar-refractivity contribution in [1.29, 1.82) is 0 Å². The zero-order chi connectivity index (χ0) is 11.5. The molecular formula is C13H18FNO. The third kappa shape index (κ3) is 1.92. The molecule has 0 bridgehead atoms. The second-order valence-electron chi connectivity index (χ2n) is 4.31. The van der Waals surface area contributed by atoms with Gasteiger partial charge in [-0.3, -0.25) is 0 Å². The Morgan fingerprint density at radius 3 is 2.69 bits per heavy atom. The summed E-state index contributed by atoms with van der Waals surface area (Å²) in [5.41, 5.74) is 0.678. The normalized spacial score (nSPS) is 17.9. The van der Waals surface area contributed by atoms with E-state index in [2.05, 4.69) is 5.32 Å². The Labute approximate surface area is 95.8 Å². The highest BCUT2D eigenvalue weighted by Crippen LogP contribution is 2.41. The Balaban J connectivity index is 2.35. The van der Waals surface area contributed by atoms with E-state index in [9.17, 15) is 4.39 Å². The quantitative estimate of drug-likeness (QED) is 0.847. The summed E-state index contributed by atoms with van der Waals surface area (Å²) >= 11 is 0. The van der Waals surface area contributed by atoms with Crippen LogP contribution in [0, 0.1) is 11.7 Å². The van der Waals surface area contributed by atoms with Crippen molar-refractivity contribution in [2.75, 3.05) is 14.2 Å². The van der Waals surface area contributed by atoms with Crippen LogP contribution in [0.2, 0.25) is 0 Å². The van der Waals surface area contributed by atoms with Crippen LogP contribution in [0.15, 0.2) is 18.2 Å². The van der Waals surface area contributed by atoms with Crippen LogP contribution >= 0.6 is 0 Å². The highest BCUT2D eigenvalue weighted by molar-refractivity contribution is 5.37. The van der Waals surface area contributed by atoms with E-state index in [1.807, 2.05) is 13.1 Å². The Bertz CT molecular complexity index is 363. The van der Waals surface area contributed by atoms with Gasteiger partial charge in [0, 0.05) is 11.6 Å². The van der Waals surface area contributed by atoms with Crippen LogP contribution in [0.5, 0.6) is 5.75 Å². The van der Waals surface area contributed by atoms with E-state index >= 15 is 0 Å². The molecule has 1 saturated carbocycles. The highest BCUT2D eigenvalue weighted by atomic mass is 19.1. The van der Waals surface area contributed by atoms with E-state index < -0.39 is 0 Å². The van der Waals surface area contributed by atoms with Crippen LogP contribution in [0.3, 0.4) is 0 Å². The van der Waals surface area contributed by atoms with Crippen LogP contribution in [0.1, 0.15) is 30.9 Å². The average Bonchev–Trinajstić information content (AvgIpc) is 2.23. The summed E-state index contributed by atoms with van der Waals surface area (Å²) in [5, 5.41) is 3.22. The predicted molar refractivity (Wildman–Crippen MR) is 62.1 cm³/mol. The van der Waals surface area contributed by atoms with E-state index in [1.54, 1.807) is 13.2 Å². The number of benzene rings is 1. The molecule has 0 heterocycles. The maximum atomic E-state index is 13.9. The summed E-state index contributed by atoms with van der Waals surface area (Å²) in [4.78, 5) is 0. The Morgan fingerprint density at radius 2 is 2.19 bits per heavy atom. The molecule has 1 fully saturated rings. The number of nitrogens with one attached hydrogen (secondary N) is 1. The fraction of sp³-hybridized carbons (Fsp3) is 0.538. The van der Waals surface area contributed by atoms with Gasteiger partial charge in [0.05, 0.1) is 7.11 Å². The number of hydrogen-bond acceptors (Lipinski definition) is 2. The van der Waals surface area contributed by atoms with Crippen LogP contribution in [0.25, 0.3) is 0 Å². The minimum atomic E-state index is -0.175. The van der Waals surface area contributed by atoms with Crippen molar-refractivity contribution in [3.05, 3.63) is 29.6 Å². The Hall–Kier alpha value is -1.09. The molecular weight excluding hydrogens is 205 g/mol. The maximum absolute atomic E-state index is 13.9. The number of hydrogen-bond donors (Lipinski definition) is 1. The molecule has 0 aromatic heterocycles. The van der Waals surface area contributed by atoms with E-state index in [0.29, 0.717) is 17.2 Å². The van der Waals surface area contributed by atoms with Crippen molar-refractivity contribution in [3.8, 4) is 5.75 Å². The van der Waals surface area contributed by atoms with Gasteiger partial charge in [-0.2, -0.15) is 0 Å². The van der Waals surface area contributed by atoms with Gasteiger partial charge in [-0.1, -0.05) is 12.5 Å². The predicted octanol–water partition coefficient (Wildman–Crippen LogP) is 2.89. The molecule has 1 aliphatic rings. The lowest BCUT2D eigenvalue weighted by atomic mass is 9.77. The monoisotopic (exact) mass is 223 g/mol. The van der Waals surface area contributed by atoms with Gasteiger partial charge in [0.2, 0.25) is 0 Å². The minimum Gasteiger partial charge on any atom is -0.496 e. The van der Waals surface area contributed by atoms with Crippen LogP contribution in [-0.4, -0.2) is 14.2 Å². The zero-order valence-electron chi connectivity index (χ0n) is 9.79. The third-order valence-electron chi connectivity index (χ3n) is 3.48. The molecule has 0 amide bonds. The molecule has 1 unspecified atom stereocenters. The summed E-state index contributed by atoms with van der Waals surface area (Å²) in [5.74, 6) is 1.01. The van der Waals surface area contributed by atoms with Gasteiger partial charge in [-0.15, -0.1) is 0 Å². The molecule has 0 radical (unpaired) electrons. The summed E-state index contributed by atoms with van der Waals surface area (Å²) in [6.07, 6.45) is 3.59. The third-order valence-corrected chi connectivity index (χ3v) is 3.48. The molecule has 1 aromatic carbocycles. The number of ether oxygens (including phenoxy) is 1. The first-order valence-corrected chi connectivity index (χ1v) is 5.77. The molecule has 88 valence electrons. The van der Waals surface area contributed by atoms with Crippen LogP contribution in [0.4, 0.5) is 4.39 Å². The van der Waals surface area contributed by atoms with Gasteiger partial charge < -0.3 is 10.1 Å². The van der Waals surface area contributed by atoms with Crippen molar-refractivity contribution in [2.45, 2.75) is 25.3 Å². The first-order valence-electron chi connectivity index (χ1n) is 5.77. The Morgan fingerprint density at radius 1 is 1.44 bits per heavy atom. The van der Waals surface area contributed by atoms with Crippen molar-refractivity contribution in [3.63, 3.8) is 0 Å². The van der Waals surface area contributed by atoms with Gasteiger partial charge in [0.1, 0.15) is 11.6 Å². The summed E-state index contributed by atoms with van der Waals surface area (Å²) in [6.45, 7) is 0. The first-order chi connectivity index (χ1) is 7.77. The molecule has 0 aliphatic heterocycles. The average molecular weight is 223 g/mol. The molecule has 0 saturated heterocycles.